The molecule has 22 heavy (non-hydrogen) atoms. The number of hydrogen-bond acceptors (Lipinski definition) is 3. The molecule has 0 radical (unpaired) electrons. The third-order valence-electron chi connectivity index (χ3n) is 4.46. The average molecular weight is 303 g/mol. The first-order chi connectivity index (χ1) is 10.7. The van der Waals surface area contributed by atoms with Crippen LogP contribution in [-0.4, -0.2) is 36.5 Å². The standard InChI is InChI=1S/C18H25NO3/c1-3-14-13-19(18(21)15-8-6-5-7-9-15)11-10-16(14)12-17(20)22-4-2/h5-9,14,16H,3-4,10-13H2,1-2H3/t14-,16+/m0/s1. The first kappa shape index (κ1) is 16.5. The number of hydrogen-bond donors (Lipinski definition) is 0. The van der Waals surface area contributed by atoms with Crippen molar-refractivity contribution in [3.05, 3.63) is 35.9 Å². The van der Waals surface area contributed by atoms with Gasteiger partial charge in [-0.15, -0.1) is 0 Å². The van der Waals surface area contributed by atoms with Crippen LogP contribution in [0.2, 0.25) is 0 Å². The lowest BCUT2D eigenvalue weighted by atomic mass is 9.81. The van der Waals surface area contributed by atoms with Crippen LogP contribution in [0.4, 0.5) is 0 Å². The van der Waals surface area contributed by atoms with E-state index in [0.29, 0.717) is 31.4 Å². The molecule has 1 heterocycles. The Kier molecular flexibility index (Phi) is 5.99. The summed E-state index contributed by atoms with van der Waals surface area (Å²) in [5.74, 6) is 0.664. The molecule has 0 saturated carbocycles. The molecule has 1 aliphatic heterocycles. The van der Waals surface area contributed by atoms with E-state index in [1.807, 2.05) is 42.2 Å². The molecule has 4 heteroatoms. The van der Waals surface area contributed by atoms with Crippen LogP contribution in [0.15, 0.2) is 30.3 Å². The minimum atomic E-state index is -0.117. The number of esters is 1. The van der Waals surface area contributed by atoms with Crippen LogP contribution in [0.3, 0.4) is 0 Å². The van der Waals surface area contributed by atoms with E-state index < -0.39 is 0 Å². The largest absolute Gasteiger partial charge is 0.466 e. The highest BCUT2D eigenvalue weighted by atomic mass is 16.5. The highest BCUT2D eigenvalue weighted by Crippen LogP contribution is 2.30. The summed E-state index contributed by atoms with van der Waals surface area (Å²) >= 11 is 0. The Hall–Kier alpha value is -1.84. The predicted molar refractivity (Wildman–Crippen MR) is 85.5 cm³/mol. The number of amides is 1. The maximum absolute atomic E-state index is 12.5. The van der Waals surface area contributed by atoms with Crippen LogP contribution in [0.25, 0.3) is 0 Å². The molecule has 4 nitrogen and oxygen atoms in total. The summed E-state index contributed by atoms with van der Waals surface area (Å²) in [4.78, 5) is 26.2. The first-order valence-electron chi connectivity index (χ1n) is 8.15. The Labute approximate surface area is 132 Å². The van der Waals surface area contributed by atoms with Crippen molar-refractivity contribution in [1.82, 2.24) is 4.90 Å². The molecule has 1 aliphatic rings. The Bertz CT molecular complexity index is 500. The van der Waals surface area contributed by atoms with Gasteiger partial charge >= 0.3 is 5.97 Å². The number of benzene rings is 1. The second kappa shape index (κ2) is 7.97. The van der Waals surface area contributed by atoms with Gasteiger partial charge in [0.25, 0.3) is 5.91 Å². The number of rotatable bonds is 5. The molecule has 1 fully saturated rings. The van der Waals surface area contributed by atoms with Crippen molar-refractivity contribution in [3.8, 4) is 0 Å². The average Bonchev–Trinajstić information content (AvgIpc) is 2.55. The third kappa shape index (κ3) is 4.09. The van der Waals surface area contributed by atoms with Crippen LogP contribution in [0.5, 0.6) is 0 Å². The molecule has 2 atom stereocenters. The molecule has 1 amide bonds. The zero-order chi connectivity index (χ0) is 15.9. The molecule has 1 aromatic rings. The van der Waals surface area contributed by atoms with E-state index in [1.54, 1.807) is 0 Å². The lowest BCUT2D eigenvalue weighted by Gasteiger charge is -2.38. The van der Waals surface area contributed by atoms with Gasteiger partial charge in [0.1, 0.15) is 0 Å². The van der Waals surface area contributed by atoms with E-state index in [-0.39, 0.29) is 11.9 Å². The smallest absolute Gasteiger partial charge is 0.306 e. The molecule has 0 aromatic heterocycles. The fourth-order valence-electron chi connectivity index (χ4n) is 3.19. The van der Waals surface area contributed by atoms with Gasteiger partial charge in [-0.3, -0.25) is 9.59 Å². The highest BCUT2D eigenvalue weighted by molar-refractivity contribution is 5.94. The molecule has 120 valence electrons. The maximum atomic E-state index is 12.5. The second-order valence-corrected chi connectivity index (χ2v) is 5.84. The van der Waals surface area contributed by atoms with Gasteiger partial charge in [-0.25, -0.2) is 0 Å². The number of piperidine rings is 1. The number of likely N-dealkylation sites (tertiary alicyclic amines) is 1. The summed E-state index contributed by atoms with van der Waals surface area (Å²) in [6, 6.07) is 9.40. The van der Waals surface area contributed by atoms with Gasteiger partial charge in [-0.1, -0.05) is 31.5 Å². The Morgan fingerprint density at radius 2 is 1.91 bits per heavy atom. The van der Waals surface area contributed by atoms with E-state index in [2.05, 4.69) is 6.92 Å². The summed E-state index contributed by atoms with van der Waals surface area (Å²) in [7, 11) is 0. The van der Waals surface area contributed by atoms with Crippen LogP contribution in [0, 0.1) is 11.8 Å². The normalized spacial score (nSPS) is 21.5. The van der Waals surface area contributed by atoms with Crippen molar-refractivity contribution in [1.29, 1.82) is 0 Å². The molecule has 0 bridgehead atoms. The van der Waals surface area contributed by atoms with Crippen molar-refractivity contribution in [2.24, 2.45) is 11.8 Å². The second-order valence-electron chi connectivity index (χ2n) is 5.84. The Morgan fingerprint density at radius 3 is 2.55 bits per heavy atom. The Morgan fingerprint density at radius 1 is 1.18 bits per heavy atom. The fourth-order valence-corrected chi connectivity index (χ4v) is 3.19. The molecule has 0 unspecified atom stereocenters. The van der Waals surface area contributed by atoms with Crippen molar-refractivity contribution >= 4 is 11.9 Å². The van der Waals surface area contributed by atoms with E-state index in [0.717, 1.165) is 24.9 Å². The first-order valence-corrected chi connectivity index (χ1v) is 8.15. The van der Waals surface area contributed by atoms with Crippen LogP contribution < -0.4 is 0 Å². The number of carbonyl (C=O) groups is 2. The van der Waals surface area contributed by atoms with Gasteiger partial charge in [0.05, 0.1) is 6.61 Å². The van der Waals surface area contributed by atoms with Gasteiger partial charge in [-0.05, 0) is 37.3 Å². The summed E-state index contributed by atoms with van der Waals surface area (Å²) in [6.45, 7) is 5.83. The fraction of sp³-hybridized carbons (Fsp3) is 0.556. The number of nitrogens with zero attached hydrogens (tertiary/aromatic N) is 1. The SMILES string of the molecule is CCOC(=O)C[C@H]1CCN(C(=O)c2ccccc2)C[C@@H]1CC. The summed E-state index contributed by atoms with van der Waals surface area (Å²) in [5, 5.41) is 0. The van der Waals surface area contributed by atoms with E-state index >= 15 is 0 Å². The molecular formula is C18H25NO3. The molecular weight excluding hydrogens is 278 g/mol. The van der Waals surface area contributed by atoms with Gasteiger partial charge in [0, 0.05) is 25.1 Å². The zero-order valence-corrected chi connectivity index (χ0v) is 13.5. The van der Waals surface area contributed by atoms with E-state index in [9.17, 15) is 9.59 Å². The Balaban J connectivity index is 1.97. The summed E-state index contributed by atoms with van der Waals surface area (Å²) in [6.07, 6.45) is 2.32. The van der Waals surface area contributed by atoms with Gasteiger partial charge in [0.2, 0.25) is 0 Å². The molecule has 1 aromatic carbocycles. The molecule has 0 spiro atoms. The summed E-state index contributed by atoms with van der Waals surface area (Å²) in [5.41, 5.74) is 0.737. The molecule has 2 rings (SSSR count). The van der Waals surface area contributed by atoms with E-state index in [4.69, 9.17) is 4.74 Å². The van der Waals surface area contributed by atoms with Crippen LogP contribution in [-0.2, 0) is 9.53 Å². The maximum Gasteiger partial charge on any atom is 0.306 e. The number of ether oxygens (including phenoxy) is 1. The quantitative estimate of drug-likeness (QED) is 0.785. The van der Waals surface area contributed by atoms with Crippen LogP contribution >= 0.6 is 0 Å². The van der Waals surface area contributed by atoms with Gasteiger partial charge in [-0.2, -0.15) is 0 Å². The monoisotopic (exact) mass is 303 g/mol. The molecule has 0 N–H and O–H groups in total. The topological polar surface area (TPSA) is 46.6 Å². The van der Waals surface area contributed by atoms with Crippen molar-refractivity contribution in [2.75, 3.05) is 19.7 Å². The molecule has 1 saturated heterocycles. The number of carbonyl (C=O) groups excluding carboxylic acids is 2. The van der Waals surface area contributed by atoms with Gasteiger partial charge < -0.3 is 9.64 Å². The third-order valence-corrected chi connectivity index (χ3v) is 4.46. The zero-order valence-electron chi connectivity index (χ0n) is 13.5. The lowest BCUT2D eigenvalue weighted by molar-refractivity contribution is -0.145. The van der Waals surface area contributed by atoms with Crippen molar-refractivity contribution in [2.45, 2.75) is 33.1 Å². The minimum absolute atomic E-state index is 0.0913. The molecule has 0 aliphatic carbocycles. The highest BCUT2D eigenvalue weighted by Gasteiger charge is 2.32. The van der Waals surface area contributed by atoms with Crippen molar-refractivity contribution in [3.63, 3.8) is 0 Å². The lowest BCUT2D eigenvalue weighted by Crippen LogP contribution is -2.44. The minimum Gasteiger partial charge on any atom is -0.466 e. The van der Waals surface area contributed by atoms with Crippen LogP contribution in [0.1, 0.15) is 43.5 Å². The van der Waals surface area contributed by atoms with Crippen molar-refractivity contribution < 1.29 is 14.3 Å². The predicted octanol–water partition coefficient (Wildman–Crippen LogP) is 3.13. The van der Waals surface area contributed by atoms with E-state index in [1.165, 1.54) is 0 Å². The summed E-state index contributed by atoms with van der Waals surface area (Å²) < 4.78 is 5.06. The van der Waals surface area contributed by atoms with Gasteiger partial charge in [0.15, 0.2) is 0 Å².